The minimum Gasteiger partial charge on any atom is -0.378 e. The molecule has 0 atom stereocenters. The summed E-state index contributed by atoms with van der Waals surface area (Å²) in [5.41, 5.74) is 2.17. The van der Waals surface area contributed by atoms with Crippen molar-refractivity contribution in [2.45, 2.75) is 0 Å². The molecule has 2 aromatic rings. The Kier molecular flexibility index (Phi) is 6.32. The van der Waals surface area contributed by atoms with Crippen LogP contribution in [0.15, 0.2) is 42.5 Å². The smallest absolute Gasteiger partial charge is 0.257 e. The Morgan fingerprint density at radius 2 is 1.69 bits per heavy atom. The summed E-state index contributed by atoms with van der Waals surface area (Å²) in [4.78, 5) is 14.5. The molecule has 136 valence electrons. The first kappa shape index (κ1) is 18.9. The number of nitrogens with zero attached hydrogens (tertiary/aromatic N) is 1. The first-order valence-electron chi connectivity index (χ1n) is 8.03. The van der Waals surface area contributed by atoms with Gasteiger partial charge in [-0.3, -0.25) is 10.1 Å². The Labute approximate surface area is 167 Å². The highest BCUT2D eigenvalue weighted by Crippen LogP contribution is 2.29. The van der Waals surface area contributed by atoms with Gasteiger partial charge < -0.3 is 15.0 Å². The second kappa shape index (κ2) is 8.68. The van der Waals surface area contributed by atoms with Crippen LogP contribution in [0.25, 0.3) is 0 Å². The lowest BCUT2D eigenvalue weighted by Gasteiger charge is -2.30. The van der Waals surface area contributed by atoms with E-state index in [0.717, 1.165) is 24.5 Å². The van der Waals surface area contributed by atoms with Crippen LogP contribution >= 0.6 is 35.4 Å². The summed E-state index contributed by atoms with van der Waals surface area (Å²) in [6.07, 6.45) is 0. The van der Waals surface area contributed by atoms with Gasteiger partial charge in [0.25, 0.3) is 5.91 Å². The molecule has 3 rings (SSSR count). The summed E-state index contributed by atoms with van der Waals surface area (Å²) >= 11 is 17.3. The number of hydrogen-bond acceptors (Lipinski definition) is 4. The summed E-state index contributed by atoms with van der Waals surface area (Å²) in [5.74, 6) is -0.311. The van der Waals surface area contributed by atoms with Crippen molar-refractivity contribution < 1.29 is 9.53 Å². The Morgan fingerprint density at radius 3 is 2.38 bits per heavy atom. The van der Waals surface area contributed by atoms with Gasteiger partial charge in [0.1, 0.15) is 0 Å². The van der Waals surface area contributed by atoms with E-state index in [0.29, 0.717) is 28.8 Å². The van der Waals surface area contributed by atoms with Gasteiger partial charge >= 0.3 is 0 Å². The number of carbonyl (C=O) groups is 1. The maximum Gasteiger partial charge on any atom is 0.257 e. The van der Waals surface area contributed by atoms with Gasteiger partial charge in [-0.25, -0.2) is 0 Å². The van der Waals surface area contributed by atoms with E-state index in [1.807, 2.05) is 12.1 Å². The molecule has 0 spiro atoms. The molecule has 1 aliphatic rings. The first-order valence-corrected chi connectivity index (χ1v) is 9.19. The van der Waals surface area contributed by atoms with Gasteiger partial charge in [0, 0.05) is 28.7 Å². The minimum atomic E-state index is -0.311. The average Bonchev–Trinajstić information content (AvgIpc) is 2.63. The van der Waals surface area contributed by atoms with Crippen molar-refractivity contribution in [3.8, 4) is 0 Å². The van der Waals surface area contributed by atoms with Crippen molar-refractivity contribution >= 4 is 57.8 Å². The van der Waals surface area contributed by atoms with Crippen LogP contribution in [0.1, 0.15) is 10.4 Å². The number of rotatable bonds is 3. The van der Waals surface area contributed by atoms with Gasteiger partial charge in [-0.2, -0.15) is 0 Å². The van der Waals surface area contributed by atoms with Crippen molar-refractivity contribution in [3.63, 3.8) is 0 Å². The van der Waals surface area contributed by atoms with Crippen molar-refractivity contribution in [1.82, 2.24) is 5.32 Å². The van der Waals surface area contributed by atoms with Crippen LogP contribution in [0.3, 0.4) is 0 Å². The van der Waals surface area contributed by atoms with Crippen molar-refractivity contribution in [1.29, 1.82) is 0 Å². The SMILES string of the molecule is O=C(NC(=S)Nc1cc(Cl)ccc1N1CCOCC1)c1ccc(Cl)cc1. The van der Waals surface area contributed by atoms with E-state index < -0.39 is 0 Å². The zero-order valence-corrected chi connectivity index (χ0v) is 16.1. The third-order valence-corrected chi connectivity index (χ3v) is 4.58. The number of amides is 1. The highest BCUT2D eigenvalue weighted by Gasteiger charge is 2.16. The zero-order valence-electron chi connectivity index (χ0n) is 13.8. The number of nitrogens with one attached hydrogen (secondary N) is 2. The molecule has 26 heavy (non-hydrogen) atoms. The van der Waals surface area contributed by atoms with Crippen LogP contribution in [-0.4, -0.2) is 37.3 Å². The van der Waals surface area contributed by atoms with Crippen LogP contribution in [0.4, 0.5) is 11.4 Å². The fourth-order valence-electron chi connectivity index (χ4n) is 2.62. The number of morpholine rings is 1. The molecule has 0 bridgehead atoms. The predicted octanol–water partition coefficient (Wildman–Crippen LogP) is 3.96. The molecule has 1 fully saturated rings. The fourth-order valence-corrected chi connectivity index (χ4v) is 3.12. The van der Waals surface area contributed by atoms with Crippen molar-refractivity contribution in [2.75, 3.05) is 36.5 Å². The molecule has 2 N–H and O–H groups in total. The molecule has 5 nitrogen and oxygen atoms in total. The summed E-state index contributed by atoms with van der Waals surface area (Å²) in [5, 5.41) is 7.08. The zero-order chi connectivity index (χ0) is 18.5. The van der Waals surface area contributed by atoms with E-state index in [1.54, 1.807) is 30.3 Å². The summed E-state index contributed by atoms with van der Waals surface area (Å²) in [7, 11) is 0. The standard InChI is InChI=1S/C18H17Cl2N3O2S/c19-13-3-1-12(2-4-13)17(24)22-18(26)21-15-11-14(20)5-6-16(15)23-7-9-25-10-8-23/h1-6,11H,7-10H2,(H2,21,22,24,26). The molecule has 1 heterocycles. The van der Waals surface area contributed by atoms with E-state index in [1.165, 1.54) is 0 Å². The van der Waals surface area contributed by atoms with E-state index in [4.69, 9.17) is 40.2 Å². The van der Waals surface area contributed by atoms with Gasteiger partial charge in [0.2, 0.25) is 0 Å². The Morgan fingerprint density at radius 1 is 1.04 bits per heavy atom. The average molecular weight is 410 g/mol. The monoisotopic (exact) mass is 409 g/mol. The van der Waals surface area contributed by atoms with Crippen LogP contribution in [0.2, 0.25) is 10.0 Å². The molecular formula is C18H17Cl2N3O2S. The number of carbonyl (C=O) groups excluding carboxylic acids is 1. The second-order valence-corrected chi connectivity index (χ2v) is 6.96. The second-order valence-electron chi connectivity index (χ2n) is 5.68. The van der Waals surface area contributed by atoms with Crippen LogP contribution in [0, 0.1) is 0 Å². The highest BCUT2D eigenvalue weighted by atomic mass is 35.5. The van der Waals surface area contributed by atoms with Crippen molar-refractivity contribution in [3.05, 3.63) is 58.1 Å². The van der Waals surface area contributed by atoms with Gasteiger partial charge in [0.05, 0.1) is 24.6 Å². The van der Waals surface area contributed by atoms with Crippen LogP contribution < -0.4 is 15.5 Å². The summed E-state index contributed by atoms with van der Waals surface area (Å²) in [6.45, 7) is 2.89. The maximum absolute atomic E-state index is 12.3. The number of anilines is 2. The molecule has 0 saturated carbocycles. The number of benzene rings is 2. The number of ether oxygens (including phenoxy) is 1. The lowest BCUT2D eigenvalue weighted by atomic mass is 10.2. The van der Waals surface area contributed by atoms with Crippen molar-refractivity contribution in [2.24, 2.45) is 0 Å². The molecule has 2 aromatic carbocycles. The minimum absolute atomic E-state index is 0.196. The van der Waals surface area contributed by atoms with Gasteiger partial charge in [-0.1, -0.05) is 23.2 Å². The quantitative estimate of drug-likeness (QED) is 0.751. The molecular weight excluding hydrogens is 393 g/mol. The Hall–Kier alpha value is -1.86. The fraction of sp³-hybridized carbons (Fsp3) is 0.222. The molecule has 1 amide bonds. The number of hydrogen-bond donors (Lipinski definition) is 2. The molecule has 1 saturated heterocycles. The first-order chi connectivity index (χ1) is 12.5. The molecule has 0 aliphatic carbocycles. The normalized spacial score (nSPS) is 14.0. The third-order valence-electron chi connectivity index (χ3n) is 3.89. The predicted molar refractivity (Wildman–Crippen MR) is 110 cm³/mol. The molecule has 8 heteroatoms. The molecule has 0 radical (unpaired) electrons. The molecule has 0 unspecified atom stereocenters. The van der Waals surface area contributed by atoms with Gasteiger partial charge in [0.15, 0.2) is 5.11 Å². The van der Waals surface area contributed by atoms with E-state index in [9.17, 15) is 4.79 Å². The maximum atomic E-state index is 12.3. The highest BCUT2D eigenvalue weighted by molar-refractivity contribution is 7.80. The molecule has 1 aliphatic heterocycles. The Bertz CT molecular complexity index is 809. The van der Waals surface area contributed by atoms with Crippen LogP contribution in [-0.2, 0) is 4.74 Å². The third kappa shape index (κ3) is 4.86. The lowest BCUT2D eigenvalue weighted by Crippen LogP contribution is -2.38. The van der Waals surface area contributed by atoms with E-state index in [2.05, 4.69) is 15.5 Å². The lowest BCUT2D eigenvalue weighted by molar-refractivity contribution is 0.0977. The summed E-state index contributed by atoms with van der Waals surface area (Å²) < 4.78 is 5.40. The van der Waals surface area contributed by atoms with E-state index >= 15 is 0 Å². The number of halogens is 2. The van der Waals surface area contributed by atoms with Gasteiger partial charge in [-0.05, 0) is 54.7 Å². The topological polar surface area (TPSA) is 53.6 Å². The Balaban J connectivity index is 1.71. The van der Waals surface area contributed by atoms with Gasteiger partial charge in [-0.15, -0.1) is 0 Å². The summed E-state index contributed by atoms with van der Waals surface area (Å²) in [6, 6.07) is 12.1. The molecule has 0 aromatic heterocycles. The largest absolute Gasteiger partial charge is 0.378 e. The number of thiocarbonyl (C=S) groups is 1. The van der Waals surface area contributed by atoms with Crippen LogP contribution in [0.5, 0.6) is 0 Å². The van der Waals surface area contributed by atoms with E-state index in [-0.39, 0.29) is 11.0 Å².